The summed E-state index contributed by atoms with van der Waals surface area (Å²) in [4.78, 5) is 23.1. The molecule has 0 saturated carbocycles. The van der Waals surface area contributed by atoms with Crippen LogP contribution in [0, 0.1) is 0 Å². The van der Waals surface area contributed by atoms with Gasteiger partial charge in [0.2, 0.25) is 11.8 Å². The van der Waals surface area contributed by atoms with E-state index in [0.717, 1.165) is 0 Å². The average Bonchev–Trinajstić information content (AvgIpc) is 2.44. The maximum absolute atomic E-state index is 11.7. The van der Waals surface area contributed by atoms with Crippen LogP contribution in [0.15, 0.2) is 0 Å². The van der Waals surface area contributed by atoms with Crippen molar-refractivity contribution in [1.82, 2.24) is 5.32 Å². The van der Waals surface area contributed by atoms with E-state index in [4.69, 9.17) is 18.4 Å². The second-order valence-electron chi connectivity index (χ2n) is 4.28. The molecule has 0 saturated heterocycles. The molecular weight excluding hydrogens is 294 g/mol. The summed E-state index contributed by atoms with van der Waals surface area (Å²) in [5.41, 5.74) is 0. The van der Waals surface area contributed by atoms with E-state index in [1.54, 1.807) is 0 Å². The molecule has 7 nitrogen and oxygen atoms in total. The third-order valence-corrected chi connectivity index (χ3v) is 5.64. The van der Waals surface area contributed by atoms with Gasteiger partial charge in [-0.25, -0.2) is 0 Å². The van der Waals surface area contributed by atoms with E-state index < -0.39 is 8.80 Å². The smallest absolute Gasteiger partial charge is 0.396 e. The highest BCUT2D eigenvalue weighted by Crippen LogP contribution is 2.18. The zero-order valence-electron chi connectivity index (χ0n) is 13.1. The molecule has 0 bridgehead atoms. The van der Waals surface area contributed by atoms with Crippen molar-refractivity contribution in [2.75, 3.05) is 26.4 Å². The molecule has 0 aromatic heterocycles. The van der Waals surface area contributed by atoms with Gasteiger partial charge in [0.15, 0.2) is 0 Å². The van der Waals surface area contributed by atoms with Gasteiger partial charge in [0.1, 0.15) is 0 Å². The van der Waals surface area contributed by atoms with Crippen molar-refractivity contribution in [3.05, 3.63) is 0 Å². The fourth-order valence-electron chi connectivity index (χ4n) is 1.79. The lowest BCUT2D eigenvalue weighted by molar-refractivity contribution is -0.130. The lowest BCUT2D eigenvalue weighted by atomic mass is 10.3. The van der Waals surface area contributed by atoms with E-state index in [2.05, 4.69) is 5.32 Å². The van der Waals surface area contributed by atoms with Crippen molar-refractivity contribution in [2.45, 2.75) is 46.1 Å². The van der Waals surface area contributed by atoms with Crippen molar-refractivity contribution < 1.29 is 28.0 Å². The Hall–Kier alpha value is -0.803. The summed E-state index contributed by atoms with van der Waals surface area (Å²) in [6, 6.07) is 0.335. The van der Waals surface area contributed by atoms with Crippen molar-refractivity contribution in [3.8, 4) is 0 Å². The molecule has 0 unspecified atom stereocenters. The van der Waals surface area contributed by atoms with Crippen LogP contribution in [0.2, 0.25) is 6.04 Å². The van der Waals surface area contributed by atoms with Crippen LogP contribution in [0.5, 0.6) is 0 Å². The molecule has 0 fully saturated rings. The molecule has 2 amide bonds. The van der Waals surface area contributed by atoms with Gasteiger partial charge in [0.05, 0.1) is 0 Å². The summed E-state index contributed by atoms with van der Waals surface area (Å²) in [5.74, 6) is -0.764. The number of carbonyl (C=O) groups excluding carboxylic acids is 2. The van der Waals surface area contributed by atoms with E-state index in [1.807, 2.05) is 20.8 Å². The Balaban J connectivity index is 4.38. The monoisotopic (exact) mass is 321 g/mol. The molecule has 0 heterocycles. The summed E-state index contributed by atoms with van der Waals surface area (Å²) >= 11 is 0. The second-order valence-corrected chi connectivity index (χ2v) is 7.01. The molecule has 8 heteroatoms. The van der Waals surface area contributed by atoms with Gasteiger partial charge in [0, 0.05) is 45.3 Å². The zero-order valence-corrected chi connectivity index (χ0v) is 14.1. The molecular formula is C13H27NO6Si. The lowest BCUT2D eigenvalue weighted by Crippen LogP contribution is -2.47. The SMILES string of the molecule is CCO[Si](CCC(=O)NC(=O)CCCO)(OCC)OCC. The van der Waals surface area contributed by atoms with E-state index >= 15 is 0 Å². The minimum Gasteiger partial charge on any atom is -0.396 e. The molecule has 0 aromatic rings. The third-order valence-electron chi connectivity index (χ3n) is 2.59. The number of rotatable bonds is 12. The quantitative estimate of drug-likeness (QED) is 0.517. The molecule has 0 atom stereocenters. The van der Waals surface area contributed by atoms with Crippen LogP contribution in [0.3, 0.4) is 0 Å². The average molecular weight is 321 g/mol. The Kier molecular flexibility index (Phi) is 11.4. The van der Waals surface area contributed by atoms with Crippen LogP contribution in [0.1, 0.15) is 40.0 Å². The van der Waals surface area contributed by atoms with Gasteiger partial charge in [-0.15, -0.1) is 0 Å². The summed E-state index contributed by atoms with van der Waals surface area (Å²) < 4.78 is 16.9. The van der Waals surface area contributed by atoms with Crippen LogP contribution in [0.4, 0.5) is 0 Å². The molecule has 0 aliphatic heterocycles. The number of imide groups is 1. The Morgan fingerprint density at radius 3 is 1.86 bits per heavy atom. The summed E-state index contributed by atoms with van der Waals surface area (Å²) in [6.07, 6.45) is 0.582. The molecule has 124 valence electrons. The number of aliphatic hydroxyl groups excluding tert-OH is 1. The summed E-state index contributed by atoms with van der Waals surface area (Å²) in [5, 5.41) is 10.9. The van der Waals surface area contributed by atoms with Crippen molar-refractivity contribution >= 4 is 20.6 Å². The standard InChI is InChI=1S/C13H27NO6Si/c1-4-18-21(19-5-2,20-6-3)11-9-13(17)14-12(16)8-7-10-15/h15H,4-11H2,1-3H3,(H,14,16,17). The van der Waals surface area contributed by atoms with Gasteiger partial charge in [-0.05, 0) is 27.2 Å². The predicted molar refractivity (Wildman–Crippen MR) is 79.5 cm³/mol. The van der Waals surface area contributed by atoms with Gasteiger partial charge in [-0.1, -0.05) is 0 Å². The third kappa shape index (κ3) is 8.94. The normalized spacial score (nSPS) is 11.4. The molecule has 0 rings (SSSR count). The predicted octanol–water partition coefficient (Wildman–Crippen LogP) is 0.840. The highest BCUT2D eigenvalue weighted by Gasteiger charge is 2.40. The first-order valence-electron chi connectivity index (χ1n) is 7.38. The Bertz CT molecular complexity index is 296. The van der Waals surface area contributed by atoms with Crippen LogP contribution >= 0.6 is 0 Å². The van der Waals surface area contributed by atoms with Gasteiger partial charge in [0.25, 0.3) is 0 Å². The fourth-order valence-corrected chi connectivity index (χ4v) is 4.32. The topological polar surface area (TPSA) is 94.1 Å². The Morgan fingerprint density at radius 2 is 1.43 bits per heavy atom. The molecule has 0 radical (unpaired) electrons. The number of hydrogen-bond acceptors (Lipinski definition) is 6. The second kappa shape index (κ2) is 11.8. The first-order valence-corrected chi connectivity index (χ1v) is 9.32. The summed E-state index contributed by atoms with van der Waals surface area (Å²) in [6.45, 7) is 6.81. The number of hydrogen-bond donors (Lipinski definition) is 2. The number of nitrogens with one attached hydrogen (secondary N) is 1. The first kappa shape index (κ1) is 20.2. The van der Waals surface area contributed by atoms with Crippen LogP contribution in [-0.4, -0.2) is 52.2 Å². The first-order chi connectivity index (χ1) is 10.0. The zero-order chi connectivity index (χ0) is 16.1. The van der Waals surface area contributed by atoms with Crippen molar-refractivity contribution in [3.63, 3.8) is 0 Å². The van der Waals surface area contributed by atoms with Gasteiger partial charge in [-0.3, -0.25) is 14.9 Å². The van der Waals surface area contributed by atoms with Crippen LogP contribution in [-0.2, 0) is 22.9 Å². The molecule has 0 aliphatic carbocycles. The van der Waals surface area contributed by atoms with Gasteiger partial charge < -0.3 is 18.4 Å². The number of aliphatic hydroxyl groups is 1. The van der Waals surface area contributed by atoms with Crippen LogP contribution < -0.4 is 5.32 Å². The highest BCUT2D eigenvalue weighted by molar-refractivity contribution is 6.61. The van der Waals surface area contributed by atoms with Crippen LogP contribution in [0.25, 0.3) is 0 Å². The number of amides is 2. The van der Waals surface area contributed by atoms with Crippen molar-refractivity contribution in [1.29, 1.82) is 0 Å². The fraction of sp³-hybridized carbons (Fsp3) is 0.846. The van der Waals surface area contributed by atoms with E-state index in [-0.39, 0.29) is 31.3 Å². The number of carbonyl (C=O) groups is 2. The highest BCUT2D eigenvalue weighted by atomic mass is 28.4. The molecule has 0 aromatic carbocycles. The minimum atomic E-state index is -2.85. The molecule has 0 aliphatic rings. The van der Waals surface area contributed by atoms with E-state index in [9.17, 15) is 9.59 Å². The van der Waals surface area contributed by atoms with Gasteiger partial charge in [-0.2, -0.15) is 0 Å². The maximum atomic E-state index is 11.7. The largest absolute Gasteiger partial charge is 0.501 e. The van der Waals surface area contributed by atoms with E-state index in [0.29, 0.717) is 32.3 Å². The van der Waals surface area contributed by atoms with Gasteiger partial charge >= 0.3 is 8.80 Å². The minimum absolute atomic E-state index is 0.0728. The Labute approximate surface area is 127 Å². The van der Waals surface area contributed by atoms with E-state index in [1.165, 1.54) is 0 Å². The van der Waals surface area contributed by atoms with Crippen molar-refractivity contribution in [2.24, 2.45) is 0 Å². The lowest BCUT2D eigenvalue weighted by Gasteiger charge is -2.28. The summed E-state index contributed by atoms with van der Waals surface area (Å²) in [7, 11) is -2.85. The Morgan fingerprint density at radius 1 is 0.952 bits per heavy atom. The molecule has 21 heavy (non-hydrogen) atoms. The molecule has 0 spiro atoms. The maximum Gasteiger partial charge on any atom is 0.501 e. The molecule has 2 N–H and O–H groups in total.